The molecule has 0 fully saturated rings. The van der Waals surface area contributed by atoms with Crippen molar-refractivity contribution in [3.63, 3.8) is 0 Å². The van der Waals surface area contributed by atoms with Crippen LogP contribution in [0.1, 0.15) is 27.7 Å². The standard InChI is InChI=1S/C14H23BrNO5PS/c1-5-20-22(17,21-6-2)14(11(3)4)16-23(18,19)13-9-7-12(15)8-10-13/h7-11,14,16H,5-6H2,1-4H3/t14-/m1/s1. The molecular formula is C14H23BrNO5PS. The van der Waals surface area contributed by atoms with Gasteiger partial charge in [0.25, 0.3) is 0 Å². The lowest BCUT2D eigenvalue weighted by atomic mass is 10.2. The van der Waals surface area contributed by atoms with Crippen LogP contribution in [0.15, 0.2) is 33.6 Å². The van der Waals surface area contributed by atoms with Gasteiger partial charge in [-0.3, -0.25) is 4.57 Å². The molecular weight excluding hydrogens is 405 g/mol. The predicted molar refractivity (Wildman–Crippen MR) is 93.9 cm³/mol. The normalized spacial score (nSPS) is 14.2. The second-order valence-electron chi connectivity index (χ2n) is 5.14. The molecule has 0 saturated carbocycles. The van der Waals surface area contributed by atoms with Gasteiger partial charge in [0, 0.05) is 4.47 Å². The molecule has 0 heterocycles. The van der Waals surface area contributed by atoms with Crippen LogP contribution in [0.3, 0.4) is 0 Å². The smallest absolute Gasteiger partial charge is 0.308 e. The van der Waals surface area contributed by atoms with Crippen LogP contribution in [-0.4, -0.2) is 27.4 Å². The lowest BCUT2D eigenvalue weighted by Crippen LogP contribution is -2.39. The van der Waals surface area contributed by atoms with E-state index in [-0.39, 0.29) is 24.0 Å². The number of benzene rings is 1. The minimum Gasteiger partial charge on any atom is -0.308 e. The SMILES string of the molecule is CCOP(=O)(OCC)[C@@H](NS(=O)(=O)c1ccc(Br)cc1)C(C)C. The summed E-state index contributed by atoms with van der Waals surface area (Å²) in [6.07, 6.45) is 0. The van der Waals surface area contributed by atoms with Crippen molar-refractivity contribution >= 4 is 33.5 Å². The van der Waals surface area contributed by atoms with Gasteiger partial charge in [0.05, 0.1) is 18.1 Å². The van der Waals surface area contributed by atoms with Crippen molar-refractivity contribution in [2.45, 2.75) is 38.4 Å². The van der Waals surface area contributed by atoms with Crippen molar-refractivity contribution in [2.24, 2.45) is 5.92 Å². The lowest BCUT2D eigenvalue weighted by molar-refractivity contribution is 0.203. The Labute approximate surface area is 146 Å². The zero-order chi connectivity index (χ0) is 17.7. The van der Waals surface area contributed by atoms with E-state index in [9.17, 15) is 13.0 Å². The third-order valence-corrected chi connectivity index (χ3v) is 7.79. The van der Waals surface area contributed by atoms with Crippen LogP contribution in [0.5, 0.6) is 0 Å². The van der Waals surface area contributed by atoms with E-state index in [4.69, 9.17) is 9.05 Å². The molecule has 0 radical (unpaired) electrons. The molecule has 0 aliphatic heterocycles. The predicted octanol–water partition coefficient (Wildman–Crippen LogP) is 3.98. The fourth-order valence-corrected chi connectivity index (χ4v) is 6.23. The van der Waals surface area contributed by atoms with E-state index in [1.165, 1.54) is 12.1 Å². The van der Waals surface area contributed by atoms with Gasteiger partial charge in [-0.15, -0.1) is 0 Å². The first-order chi connectivity index (χ1) is 10.7. The maximum absolute atomic E-state index is 12.9. The van der Waals surface area contributed by atoms with Gasteiger partial charge in [0.15, 0.2) is 0 Å². The minimum absolute atomic E-state index is 0.0888. The molecule has 0 aliphatic carbocycles. The monoisotopic (exact) mass is 427 g/mol. The van der Waals surface area contributed by atoms with Crippen LogP contribution in [0, 0.1) is 5.92 Å². The summed E-state index contributed by atoms with van der Waals surface area (Å²) >= 11 is 3.26. The van der Waals surface area contributed by atoms with Crippen LogP contribution in [-0.2, 0) is 23.6 Å². The van der Waals surface area contributed by atoms with Gasteiger partial charge in [-0.05, 0) is 44.0 Å². The number of hydrogen-bond acceptors (Lipinski definition) is 5. The van der Waals surface area contributed by atoms with Crippen molar-refractivity contribution in [1.82, 2.24) is 4.72 Å². The van der Waals surface area contributed by atoms with E-state index in [2.05, 4.69) is 20.7 Å². The Morgan fingerprint density at radius 3 is 2.00 bits per heavy atom. The van der Waals surface area contributed by atoms with Gasteiger partial charge in [-0.1, -0.05) is 29.8 Å². The Bertz CT molecular complexity index is 638. The highest BCUT2D eigenvalue weighted by Gasteiger charge is 2.40. The zero-order valence-corrected chi connectivity index (χ0v) is 16.9. The van der Waals surface area contributed by atoms with E-state index in [0.29, 0.717) is 0 Å². The molecule has 1 rings (SSSR count). The van der Waals surface area contributed by atoms with Crippen LogP contribution < -0.4 is 4.72 Å². The number of halogens is 1. The van der Waals surface area contributed by atoms with Crippen molar-refractivity contribution in [3.05, 3.63) is 28.7 Å². The van der Waals surface area contributed by atoms with Crippen molar-refractivity contribution < 1.29 is 22.0 Å². The van der Waals surface area contributed by atoms with Gasteiger partial charge in [-0.2, -0.15) is 4.72 Å². The molecule has 132 valence electrons. The lowest BCUT2D eigenvalue weighted by Gasteiger charge is -2.29. The summed E-state index contributed by atoms with van der Waals surface area (Å²) < 4.78 is 51.9. The highest BCUT2D eigenvalue weighted by Crippen LogP contribution is 2.54. The van der Waals surface area contributed by atoms with Gasteiger partial charge in [0.2, 0.25) is 10.0 Å². The van der Waals surface area contributed by atoms with Crippen LogP contribution in [0.2, 0.25) is 0 Å². The van der Waals surface area contributed by atoms with Crippen LogP contribution in [0.4, 0.5) is 0 Å². The summed E-state index contributed by atoms with van der Waals surface area (Å²) in [5.41, 5.74) is 0. The maximum atomic E-state index is 12.9. The molecule has 6 nitrogen and oxygen atoms in total. The molecule has 1 aromatic carbocycles. The van der Waals surface area contributed by atoms with Crippen LogP contribution >= 0.6 is 23.5 Å². The highest BCUT2D eigenvalue weighted by atomic mass is 79.9. The second-order valence-corrected chi connectivity index (χ2v) is 9.92. The third kappa shape index (κ3) is 5.66. The fraction of sp³-hybridized carbons (Fsp3) is 0.571. The number of hydrogen-bond donors (Lipinski definition) is 1. The van der Waals surface area contributed by atoms with E-state index >= 15 is 0 Å². The molecule has 0 bridgehead atoms. The summed E-state index contributed by atoms with van der Waals surface area (Å²) in [4.78, 5) is 0.0888. The Morgan fingerprint density at radius 1 is 1.13 bits per heavy atom. The first kappa shape index (κ1) is 20.8. The molecule has 1 atom stereocenters. The van der Waals surface area contributed by atoms with Crippen molar-refractivity contribution in [2.75, 3.05) is 13.2 Å². The average Bonchev–Trinajstić information content (AvgIpc) is 2.45. The van der Waals surface area contributed by atoms with Gasteiger partial charge in [-0.25, -0.2) is 8.42 Å². The Hall–Kier alpha value is -0.240. The van der Waals surface area contributed by atoms with Crippen LogP contribution in [0.25, 0.3) is 0 Å². The number of sulfonamides is 1. The molecule has 23 heavy (non-hydrogen) atoms. The topological polar surface area (TPSA) is 81.7 Å². The fourth-order valence-electron chi connectivity index (χ4n) is 1.96. The molecule has 0 amide bonds. The molecule has 0 spiro atoms. The van der Waals surface area contributed by atoms with Crippen molar-refractivity contribution in [1.29, 1.82) is 0 Å². The largest absolute Gasteiger partial charge is 0.348 e. The van der Waals surface area contributed by atoms with E-state index in [1.807, 2.05) is 0 Å². The first-order valence-electron chi connectivity index (χ1n) is 7.33. The zero-order valence-electron chi connectivity index (χ0n) is 13.7. The molecule has 0 unspecified atom stereocenters. The summed E-state index contributed by atoms with van der Waals surface area (Å²) in [5, 5.41) is 0. The summed E-state index contributed by atoms with van der Waals surface area (Å²) in [7, 11) is -7.46. The first-order valence-corrected chi connectivity index (χ1v) is 11.2. The highest BCUT2D eigenvalue weighted by molar-refractivity contribution is 9.10. The van der Waals surface area contributed by atoms with Gasteiger partial charge >= 0.3 is 7.60 Å². The van der Waals surface area contributed by atoms with Gasteiger partial charge < -0.3 is 9.05 Å². The quantitative estimate of drug-likeness (QED) is 0.602. The summed E-state index contributed by atoms with van der Waals surface area (Å²) in [5.74, 6) is -1.24. The van der Waals surface area contributed by atoms with Gasteiger partial charge in [0.1, 0.15) is 5.78 Å². The second kappa shape index (κ2) is 8.74. The number of nitrogens with one attached hydrogen (secondary N) is 1. The maximum Gasteiger partial charge on any atom is 0.348 e. The number of rotatable bonds is 9. The Balaban J connectivity index is 3.16. The Morgan fingerprint density at radius 2 is 1.61 bits per heavy atom. The summed E-state index contributed by atoms with van der Waals surface area (Å²) in [6, 6.07) is 6.19. The molecule has 1 N–H and O–H groups in total. The van der Waals surface area contributed by atoms with Crippen molar-refractivity contribution in [3.8, 4) is 0 Å². The third-order valence-electron chi connectivity index (χ3n) is 2.99. The molecule has 0 saturated heterocycles. The summed E-state index contributed by atoms with van der Waals surface area (Å²) in [6.45, 7) is 7.23. The minimum atomic E-state index is -3.84. The molecule has 0 aromatic heterocycles. The average molecular weight is 428 g/mol. The van der Waals surface area contributed by atoms with E-state index in [1.54, 1.807) is 39.8 Å². The molecule has 9 heteroatoms. The Kier molecular flexibility index (Phi) is 7.90. The van der Waals surface area contributed by atoms with E-state index < -0.39 is 23.4 Å². The molecule has 0 aliphatic rings. The molecule has 1 aromatic rings. The van der Waals surface area contributed by atoms with E-state index in [0.717, 1.165) is 4.47 Å².